The molecule has 178 valence electrons. The average Bonchev–Trinajstić information content (AvgIpc) is 2.89. The lowest BCUT2D eigenvalue weighted by molar-refractivity contribution is -0.146. The van der Waals surface area contributed by atoms with Gasteiger partial charge in [-0.1, -0.05) is 44.2 Å². The molecule has 32 heavy (non-hydrogen) atoms. The first kappa shape index (κ1) is 25.6. The highest BCUT2D eigenvalue weighted by molar-refractivity contribution is 6.02. The molecule has 0 aromatic heterocycles. The van der Waals surface area contributed by atoms with Gasteiger partial charge in [-0.3, -0.25) is 24.6 Å². The standard InChI is InChI=1S/C23H35N3O6/c1-2-31-23(30)17(11-7-5-3-4-6-10-14-24)25-18-16-32-20-13-9-8-12-19(20)26(22(18)29)15-21(27)28/h8-9,12-13,17-18,25H,2-7,10-11,14-16,24H2,1H3,(H,27,28)/t17-,18-/m0/s1. The van der Waals surface area contributed by atoms with Crippen molar-refractivity contribution < 1.29 is 29.0 Å². The summed E-state index contributed by atoms with van der Waals surface area (Å²) in [5.41, 5.74) is 5.91. The van der Waals surface area contributed by atoms with E-state index in [1.54, 1.807) is 31.2 Å². The summed E-state index contributed by atoms with van der Waals surface area (Å²) in [5, 5.41) is 12.4. The molecule has 0 radical (unpaired) electrons. The Morgan fingerprint density at radius 3 is 2.59 bits per heavy atom. The molecule has 1 heterocycles. The summed E-state index contributed by atoms with van der Waals surface area (Å²) in [5.74, 6) is -1.58. The number of unbranched alkanes of at least 4 members (excludes halogenated alkanes) is 5. The third kappa shape index (κ3) is 7.80. The van der Waals surface area contributed by atoms with E-state index in [4.69, 9.17) is 15.2 Å². The van der Waals surface area contributed by atoms with Crippen LogP contribution in [0.4, 0.5) is 5.69 Å². The molecule has 2 rings (SSSR count). The van der Waals surface area contributed by atoms with E-state index in [-0.39, 0.29) is 13.2 Å². The molecule has 2 atom stereocenters. The highest BCUT2D eigenvalue weighted by Crippen LogP contribution is 2.31. The molecule has 0 saturated heterocycles. The first-order valence-corrected chi connectivity index (χ1v) is 11.4. The normalized spacial score (nSPS) is 16.6. The SMILES string of the molecule is CCOC(=O)[C@H](CCCCCCCCN)N[C@H]1COc2ccccc2N(CC(=O)O)C1=O. The number of ether oxygens (including phenoxy) is 2. The second-order valence-electron chi connectivity index (χ2n) is 7.82. The van der Waals surface area contributed by atoms with E-state index < -0.39 is 36.5 Å². The van der Waals surface area contributed by atoms with E-state index in [9.17, 15) is 19.5 Å². The number of amides is 1. The number of carboxylic acids is 1. The quantitative estimate of drug-likeness (QED) is 0.291. The number of hydrogen-bond donors (Lipinski definition) is 3. The van der Waals surface area contributed by atoms with Crippen LogP contribution in [0.3, 0.4) is 0 Å². The number of aliphatic carboxylic acids is 1. The highest BCUT2D eigenvalue weighted by Gasteiger charge is 2.35. The zero-order chi connectivity index (χ0) is 23.3. The van der Waals surface area contributed by atoms with Crippen LogP contribution in [0, 0.1) is 0 Å². The maximum atomic E-state index is 13.2. The van der Waals surface area contributed by atoms with Gasteiger partial charge >= 0.3 is 11.9 Å². The number of carboxylic acid groups (broad SMARTS) is 1. The minimum atomic E-state index is -1.13. The third-order valence-corrected chi connectivity index (χ3v) is 5.34. The summed E-state index contributed by atoms with van der Waals surface area (Å²) in [7, 11) is 0. The Morgan fingerprint density at radius 1 is 1.22 bits per heavy atom. The molecule has 1 aromatic rings. The molecule has 1 aliphatic heterocycles. The van der Waals surface area contributed by atoms with Gasteiger partial charge in [0.2, 0.25) is 5.91 Å². The van der Waals surface area contributed by atoms with Gasteiger partial charge in [0.05, 0.1) is 12.3 Å². The van der Waals surface area contributed by atoms with Crippen LogP contribution >= 0.6 is 0 Å². The van der Waals surface area contributed by atoms with Gasteiger partial charge in [-0.25, -0.2) is 0 Å². The number of benzene rings is 1. The average molecular weight is 450 g/mol. The van der Waals surface area contributed by atoms with E-state index in [1.165, 1.54) is 4.90 Å². The van der Waals surface area contributed by atoms with E-state index in [1.807, 2.05) is 0 Å². The van der Waals surface area contributed by atoms with Crippen LogP contribution in [0.25, 0.3) is 0 Å². The molecule has 0 fully saturated rings. The predicted octanol–water partition coefficient (Wildman–Crippen LogP) is 2.08. The zero-order valence-electron chi connectivity index (χ0n) is 18.8. The number of nitrogens with one attached hydrogen (secondary N) is 1. The number of anilines is 1. The van der Waals surface area contributed by atoms with Gasteiger partial charge in [-0.15, -0.1) is 0 Å². The molecule has 0 saturated carbocycles. The molecule has 9 nitrogen and oxygen atoms in total. The maximum Gasteiger partial charge on any atom is 0.323 e. The number of carbonyl (C=O) groups excluding carboxylic acids is 2. The Balaban J connectivity index is 2.06. The predicted molar refractivity (Wildman–Crippen MR) is 121 cm³/mol. The summed E-state index contributed by atoms with van der Waals surface area (Å²) in [4.78, 5) is 38.3. The second-order valence-corrected chi connectivity index (χ2v) is 7.82. The number of nitrogens with two attached hydrogens (primary N) is 1. The third-order valence-electron chi connectivity index (χ3n) is 5.34. The molecule has 1 amide bonds. The summed E-state index contributed by atoms with van der Waals surface area (Å²) >= 11 is 0. The number of rotatable bonds is 14. The molecule has 4 N–H and O–H groups in total. The lowest BCUT2D eigenvalue weighted by Crippen LogP contribution is -2.54. The number of para-hydroxylation sites is 2. The van der Waals surface area contributed by atoms with Crippen molar-refractivity contribution in [1.82, 2.24) is 5.32 Å². The molecule has 0 bridgehead atoms. The first-order chi connectivity index (χ1) is 15.5. The fraction of sp³-hybridized carbons (Fsp3) is 0.609. The molecule has 9 heteroatoms. The molecule has 1 aromatic carbocycles. The summed E-state index contributed by atoms with van der Waals surface area (Å²) < 4.78 is 11.0. The van der Waals surface area contributed by atoms with Crippen molar-refractivity contribution in [1.29, 1.82) is 0 Å². The lowest BCUT2D eigenvalue weighted by Gasteiger charge is -2.26. The van der Waals surface area contributed by atoms with Crippen LogP contribution in [0.1, 0.15) is 51.9 Å². The monoisotopic (exact) mass is 449 g/mol. The minimum absolute atomic E-state index is 0.0129. The molecular weight excluding hydrogens is 414 g/mol. The van der Waals surface area contributed by atoms with Gasteiger partial charge in [-0.2, -0.15) is 0 Å². The molecule has 1 aliphatic rings. The van der Waals surface area contributed by atoms with Crippen LogP contribution in [-0.2, 0) is 19.1 Å². The van der Waals surface area contributed by atoms with Crippen molar-refractivity contribution in [2.75, 3.05) is 31.2 Å². The molecule has 0 unspecified atom stereocenters. The Bertz CT molecular complexity index is 757. The summed E-state index contributed by atoms with van der Waals surface area (Å²) in [6, 6.07) is 5.25. The topological polar surface area (TPSA) is 131 Å². The van der Waals surface area contributed by atoms with Gasteiger partial charge in [0, 0.05) is 0 Å². The number of carbonyl (C=O) groups is 3. The Labute approximate surface area is 189 Å². The van der Waals surface area contributed by atoms with Crippen LogP contribution in [-0.4, -0.2) is 61.3 Å². The molecular formula is C23H35N3O6. The largest absolute Gasteiger partial charge is 0.489 e. The summed E-state index contributed by atoms with van der Waals surface area (Å²) in [6.07, 6.45) is 6.57. The van der Waals surface area contributed by atoms with Crippen LogP contribution in [0.15, 0.2) is 24.3 Å². The van der Waals surface area contributed by atoms with E-state index in [0.29, 0.717) is 24.4 Å². The molecule has 0 spiro atoms. The van der Waals surface area contributed by atoms with Crippen LogP contribution < -0.4 is 20.7 Å². The van der Waals surface area contributed by atoms with Gasteiger partial charge in [-0.05, 0) is 38.4 Å². The van der Waals surface area contributed by atoms with Crippen molar-refractivity contribution in [2.45, 2.75) is 64.0 Å². The van der Waals surface area contributed by atoms with E-state index in [2.05, 4.69) is 5.32 Å². The zero-order valence-corrected chi connectivity index (χ0v) is 18.8. The van der Waals surface area contributed by atoms with Gasteiger partial charge < -0.3 is 20.3 Å². The van der Waals surface area contributed by atoms with E-state index in [0.717, 1.165) is 38.5 Å². The second kappa shape index (κ2) is 13.7. The smallest absolute Gasteiger partial charge is 0.323 e. The van der Waals surface area contributed by atoms with Crippen molar-refractivity contribution >= 4 is 23.5 Å². The minimum Gasteiger partial charge on any atom is -0.489 e. The highest BCUT2D eigenvalue weighted by atomic mass is 16.5. The van der Waals surface area contributed by atoms with Crippen LogP contribution in [0.2, 0.25) is 0 Å². The van der Waals surface area contributed by atoms with E-state index >= 15 is 0 Å². The van der Waals surface area contributed by atoms with Crippen molar-refractivity contribution in [3.05, 3.63) is 24.3 Å². The van der Waals surface area contributed by atoms with Gasteiger partial charge in [0.15, 0.2) is 0 Å². The van der Waals surface area contributed by atoms with Gasteiger partial charge in [0.1, 0.15) is 31.0 Å². The first-order valence-electron chi connectivity index (χ1n) is 11.4. The molecule has 0 aliphatic carbocycles. The number of fused-ring (bicyclic) bond motifs is 1. The van der Waals surface area contributed by atoms with Gasteiger partial charge in [0.25, 0.3) is 0 Å². The maximum absolute atomic E-state index is 13.2. The van der Waals surface area contributed by atoms with Crippen molar-refractivity contribution in [3.63, 3.8) is 0 Å². The lowest BCUT2D eigenvalue weighted by atomic mass is 10.0. The number of hydrogen-bond acceptors (Lipinski definition) is 7. The Hall–Kier alpha value is -2.65. The van der Waals surface area contributed by atoms with Crippen molar-refractivity contribution in [3.8, 4) is 5.75 Å². The number of nitrogens with zero attached hydrogens (tertiary/aromatic N) is 1. The fourth-order valence-electron chi connectivity index (χ4n) is 3.73. The van der Waals surface area contributed by atoms with Crippen LogP contribution in [0.5, 0.6) is 5.75 Å². The van der Waals surface area contributed by atoms with Crippen molar-refractivity contribution in [2.24, 2.45) is 5.73 Å². The fourth-order valence-corrected chi connectivity index (χ4v) is 3.73. The number of esters is 1. The Morgan fingerprint density at radius 2 is 1.91 bits per heavy atom. The summed E-state index contributed by atoms with van der Waals surface area (Å²) in [6.45, 7) is 2.17. The Kier molecular flexibility index (Phi) is 11.0.